The second-order valence-corrected chi connectivity index (χ2v) is 1.19. The van der Waals surface area contributed by atoms with E-state index in [4.69, 9.17) is 6.42 Å². The second kappa shape index (κ2) is 4.20. The maximum Gasteiger partial charge on any atom is 0.306 e. The molecular weight excluding hydrogens is 104 g/mol. The standard InChI is InChI=1S/C6H7O2/c1-3-5-8-6(7)4-2/h4-5H2,2H3. The highest BCUT2D eigenvalue weighted by molar-refractivity contribution is 5.68. The van der Waals surface area contributed by atoms with Crippen molar-refractivity contribution >= 4 is 5.97 Å². The summed E-state index contributed by atoms with van der Waals surface area (Å²) in [6.45, 7) is 1.68. The van der Waals surface area contributed by atoms with Crippen molar-refractivity contribution in [2.24, 2.45) is 0 Å². The number of esters is 1. The molecule has 0 heterocycles. The Kier molecular flexibility index (Phi) is 3.69. The summed E-state index contributed by atoms with van der Waals surface area (Å²) in [4.78, 5) is 10.2. The molecular formula is C6H7O2. The van der Waals surface area contributed by atoms with Crippen molar-refractivity contribution in [2.45, 2.75) is 13.3 Å². The highest BCUT2D eigenvalue weighted by Crippen LogP contribution is 1.80. The maximum atomic E-state index is 10.2. The lowest BCUT2D eigenvalue weighted by atomic mass is 10.5. The zero-order valence-corrected chi connectivity index (χ0v) is 4.73. The van der Waals surface area contributed by atoms with Gasteiger partial charge in [0.2, 0.25) is 0 Å². The lowest BCUT2D eigenvalue weighted by Crippen LogP contribution is -2.01. The SMILES string of the molecule is [C]#CCOC(=O)CC. The predicted octanol–water partition coefficient (Wildman–Crippen LogP) is 0.529. The Balaban J connectivity index is 3.15. The van der Waals surface area contributed by atoms with Crippen LogP contribution in [0.1, 0.15) is 13.3 Å². The van der Waals surface area contributed by atoms with Gasteiger partial charge in [-0.15, -0.1) is 0 Å². The molecule has 1 radical (unpaired) electrons. The van der Waals surface area contributed by atoms with Crippen LogP contribution in [0, 0.1) is 12.3 Å². The van der Waals surface area contributed by atoms with Crippen molar-refractivity contribution in [3.63, 3.8) is 0 Å². The summed E-state index contributed by atoms with van der Waals surface area (Å²) in [5.41, 5.74) is 0. The molecule has 0 aliphatic heterocycles. The molecule has 0 saturated heterocycles. The molecule has 0 spiro atoms. The van der Waals surface area contributed by atoms with Crippen LogP contribution in [-0.4, -0.2) is 12.6 Å². The van der Waals surface area contributed by atoms with Gasteiger partial charge in [-0.05, 0) is 12.3 Å². The van der Waals surface area contributed by atoms with Crippen molar-refractivity contribution in [1.29, 1.82) is 0 Å². The quantitative estimate of drug-likeness (QED) is 0.384. The van der Waals surface area contributed by atoms with E-state index < -0.39 is 0 Å². The first-order valence-electron chi connectivity index (χ1n) is 2.36. The Labute approximate surface area is 48.8 Å². The van der Waals surface area contributed by atoms with Gasteiger partial charge < -0.3 is 4.74 Å². The van der Waals surface area contributed by atoms with Gasteiger partial charge in [-0.25, -0.2) is 0 Å². The Morgan fingerprint density at radius 3 is 2.88 bits per heavy atom. The fourth-order valence-corrected chi connectivity index (χ4v) is 0.219. The number of carbonyl (C=O) groups is 1. The molecule has 0 N–H and O–H groups in total. The maximum absolute atomic E-state index is 10.2. The Bertz CT molecular complexity index is 110. The summed E-state index contributed by atoms with van der Waals surface area (Å²) in [5.74, 6) is 1.65. The van der Waals surface area contributed by atoms with Gasteiger partial charge >= 0.3 is 5.97 Å². The minimum Gasteiger partial charge on any atom is -0.452 e. The highest BCUT2D eigenvalue weighted by Gasteiger charge is 1.92. The minimum atomic E-state index is -0.287. The fourth-order valence-electron chi connectivity index (χ4n) is 0.219. The number of hydrogen-bond donors (Lipinski definition) is 0. The summed E-state index contributed by atoms with van der Waals surface area (Å²) < 4.78 is 4.40. The van der Waals surface area contributed by atoms with Crippen molar-refractivity contribution in [3.8, 4) is 5.92 Å². The molecule has 0 aromatic heterocycles. The fraction of sp³-hybridized carbons (Fsp3) is 0.500. The predicted molar refractivity (Wildman–Crippen MR) is 28.4 cm³/mol. The largest absolute Gasteiger partial charge is 0.452 e. The summed E-state index contributed by atoms with van der Waals surface area (Å²) in [6, 6.07) is 0. The van der Waals surface area contributed by atoms with Crippen molar-refractivity contribution in [1.82, 2.24) is 0 Å². The molecule has 0 rings (SSSR count). The van der Waals surface area contributed by atoms with E-state index >= 15 is 0 Å². The van der Waals surface area contributed by atoms with Gasteiger partial charge in [0.15, 0.2) is 6.61 Å². The van der Waals surface area contributed by atoms with E-state index in [0.717, 1.165) is 0 Å². The monoisotopic (exact) mass is 111 g/mol. The van der Waals surface area contributed by atoms with Gasteiger partial charge in [0.25, 0.3) is 0 Å². The van der Waals surface area contributed by atoms with Crippen LogP contribution in [0.2, 0.25) is 0 Å². The molecule has 0 aromatic carbocycles. The molecule has 0 amide bonds. The zero-order chi connectivity index (χ0) is 6.41. The normalized spacial score (nSPS) is 7.50. The topological polar surface area (TPSA) is 26.3 Å². The molecule has 0 unspecified atom stereocenters. The van der Waals surface area contributed by atoms with Gasteiger partial charge in [-0.3, -0.25) is 4.79 Å². The molecule has 43 valence electrons. The molecule has 0 aliphatic rings. The molecule has 0 saturated carbocycles. The van der Waals surface area contributed by atoms with E-state index in [0.29, 0.717) is 6.42 Å². The van der Waals surface area contributed by atoms with E-state index in [1.165, 1.54) is 0 Å². The molecule has 0 aliphatic carbocycles. The Morgan fingerprint density at radius 2 is 2.50 bits per heavy atom. The van der Waals surface area contributed by atoms with Crippen LogP contribution >= 0.6 is 0 Å². The van der Waals surface area contributed by atoms with Gasteiger partial charge in [-0.2, -0.15) is 0 Å². The third kappa shape index (κ3) is 3.23. The Hall–Kier alpha value is -0.970. The van der Waals surface area contributed by atoms with E-state index in [1.54, 1.807) is 6.92 Å². The lowest BCUT2D eigenvalue weighted by Gasteiger charge is -1.93. The highest BCUT2D eigenvalue weighted by atomic mass is 16.5. The first-order chi connectivity index (χ1) is 3.81. The molecule has 2 nitrogen and oxygen atoms in total. The first kappa shape index (κ1) is 7.03. The van der Waals surface area contributed by atoms with Crippen LogP contribution in [0.4, 0.5) is 0 Å². The summed E-state index contributed by atoms with van der Waals surface area (Å²) >= 11 is 0. The van der Waals surface area contributed by atoms with E-state index in [2.05, 4.69) is 4.74 Å². The third-order valence-corrected chi connectivity index (χ3v) is 0.594. The zero-order valence-electron chi connectivity index (χ0n) is 4.73. The first-order valence-corrected chi connectivity index (χ1v) is 2.36. The van der Waals surface area contributed by atoms with Gasteiger partial charge in [-0.1, -0.05) is 6.92 Å². The number of carbonyl (C=O) groups excluding carboxylic acids is 1. The van der Waals surface area contributed by atoms with Crippen LogP contribution in [0.5, 0.6) is 0 Å². The molecule has 0 bridgehead atoms. The molecule has 8 heavy (non-hydrogen) atoms. The Morgan fingerprint density at radius 1 is 1.88 bits per heavy atom. The smallest absolute Gasteiger partial charge is 0.306 e. The molecule has 2 heteroatoms. The third-order valence-electron chi connectivity index (χ3n) is 0.594. The average Bonchev–Trinajstić information content (AvgIpc) is 1.83. The van der Waals surface area contributed by atoms with Gasteiger partial charge in [0.1, 0.15) is 0 Å². The van der Waals surface area contributed by atoms with Crippen molar-refractivity contribution < 1.29 is 9.53 Å². The summed E-state index contributed by atoms with van der Waals surface area (Å²) in [5, 5.41) is 0. The van der Waals surface area contributed by atoms with Crippen LogP contribution in [0.15, 0.2) is 0 Å². The van der Waals surface area contributed by atoms with Crippen molar-refractivity contribution in [2.75, 3.05) is 6.61 Å². The van der Waals surface area contributed by atoms with Crippen LogP contribution in [0.3, 0.4) is 0 Å². The van der Waals surface area contributed by atoms with Crippen LogP contribution < -0.4 is 0 Å². The molecule has 0 fully saturated rings. The number of hydrogen-bond acceptors (Lipinski definition) is 2. The van der Waals surface area contributed by atoms with E-state index in [1.807, 2.05) is 5.92 Å². The van der Waals surface area contributed by atoms with E-state index in [9.17, 15) is 4.79 Å². The van der Waals surface area contributed by atoms with Gasteiger partial charge in [0, 0.05) is 6.42 Å². The summed E-state index contributed by atoms with van der Waals surface area (Å²) in [6.07, 6.45) is 6.71. The van der Waals surface area contributed by atoms with Crippen LogP contribution in [0.25, 0.3) is 0 Å². The number of ether oxygens (including phenoxy) is 1. The van der Waals surface area contributed by atoms with Gasteiger partial charge in [0.05, 0.1) is 0 Å². The lowest BCUT2D eigenvalue weighted by molar-refractivity contribution is -0.141. The summed E-state index contributed by atoms with van der Waals surface area (Å²) in [7, 11) is 0. The van der Waals surface area contributed by atoms with Crippen molar-refractivity contribution in [3.05, 3.63) is 6.42 Å². The molecule has 0 atom stereocenters. The average molecular weight is 111 g/mol. The number of rotatable bonds is 2. The molecule has 0 aromatic rings. The second-order valence-electron chi connectivity index (χ2n) is 1.19. The van der Waals surface area contributed by atoms with Crippen LogP contribution in [-0.2, 0) is 9.53 Å². The van der Waals surface area contributed by atoms with E-state index in [-0.39, 0.29) is 12.6 Å². The minimum absolute atomic E-state index is 0.0212.